The number of hydrogen-bond acceptors (Lipinski definition) is 6. The predicted octanol–water partition coefficient (Wildman–Crippen LogP) is 3.51. The maximum absolute atomic E-state index is 12.9. The third-order valence-corrected chi connectivity index (χ3v) is 5.58. The van der Waals surface area contributed by atoms with Crippen LogP contribution in [-0.2, 0) is 16.0 Å². The van der Waals surface area contributed by atoms with Crippen LogP contribution in [0.5, 0.6) is 0 Å². The van der Waals surface area contributed by atoms with Gasteiger partial charge in [0.05, 0.1) is 29.2 Å². The van der Waals surface area contributed by atoms with Crippen LogP contribution < -0.4 is 4.90 Å². The molecule has 1 amide bonds. The molecular weight excluding hydrogens is 374 g/mol. The van der Waals surface area contributed by atoms with Crippen LogP contribution >= 0.6 is 11.8 Å². The molecule has 1 aliphatic rings. The van der Waals surface area contributed by atoms with Crippen LogP contribution in [0.1, 0.15) is 41.0 Å². The SMILES string of the molecule is CCOC(=O)c1cc(C#N)c(SCC(=O)N2c3ccccc3C[C@H]2C)nc1C. The fraction of sp³-hybridized carbons (Fsp3) is 0.333. The Kier molecular flexibility index (Phi) is 6.00. The number of amides is 1. The van der Waals surface area contributed by atoms with Crippen molar-refractivity contribution >= 4 is 29.3 Å². The van der Waals surface area contributed by atoms with Gasteiger partial charge >= 0.3 is 5.97 Å². The number of rotatable bonds is 5. The number of aryl methyl sites for hydroxylation is 1. The van der Waals surface area contributed by atoms with E-state index in [9.17, 15) is 14.9 Å². The molecule has 0 fully saturated rings. The Labute approximate surface area is 168 Å². The molecule has 1 aromatic heterocycles. The molecule has 7 heteroatoms. The second kappa shape index (κ2) is 8.44. The maximum Gasteiger partial charge on any atom is 0.340 e. The van der Waals surface area contributed by atoms with Gasteiger partial charge in [-0.3, -0.25) is 4.79 Å². The van der Waals surface area contributed by atoms with Crippen LogP contribution in [0.3, 0.4) is 0 Å². The molecule has 0 bridgehead atoms. The van der Waals surface area contributed by atoms with Gasteiger partial charge in [0.2, 0.25) is 5.91 Å². The zero-order chi connectivity index (χ0) is 20.3. The summed E-state index contributed by atoms with van der Waals surface area (Å²) < 4.78 is 5.00. The molecule has 1 atom stereocenters. The van der Waals surface area contributed by atoms with Gasteiger partial charge in [0.25, 0.3) is 0 Å². The Hall–Kier alpha value is -2.85. The monoisotopic (exact) mass is 395 g/mol. The van der Waals surface area contributed by atoms with Crippen molar-refractivity contribution in [3.05, 3.63) is 52.7 Å². The lowest BCUT2D eigenvalue weighted by atomic mass is 10.1. The van der Waals surface area contributed by atoms with E-state index in [1.54, 1.807) is 13.8 Å². The molecular formula is C21H21N3O3S. The van der Waals surface area contributed by atoms with Gasteiger partial charge in [-0.25, -0.2) is 9.78 Å². The smallest absolute Gasteiger partial charge is 0.340 e. The number of nitrogens with zero attached hydrogens (tertiary/aromatic N) is 3. The van der Waals surface area contributed by atoms with Crippen molar-refractivity contribution in [2.75, 3.05) is 17.3 Å². The topological polar surface area (TPSA) is 83.3 Å². The van der Waals surface area contributed by atoms with E-state index in [0.29, 0.717) is 10.7 Å². The summed E-state index contributed by atoms with van der Waals surface area (Å²) in [4.78, 5) is 31.0. The third-order valence-electron chi connectivity index (χ3n) is 4.60. The quantitative estimate of drug-likeness (QED) is 0.569. The third kappa shape index (κ3) is 3.87. The first kappa shape index (κ1) is 19.9. The second-order valence-electron chi connectivity index (χ2n) is 6.54. The highest BCUT2D eigenvalue weighted by molar-refractivity contribution is 8.00. The van der Waals surface area contributed by atoms with E-state index in [-0.39, 0.29) is 35.4 Å². The van der Waals surface area contributed by atoms with Crippen molar-refractivity contribution in [1.29, 1.82) is 5.26 Å². The van der Waals surface area contributed by atoms with Crippen LogP contribution in [0.2, 0.25) is 0 Å². The fourth-order valence-corrected chi connectivity index (χ4v) is 4.19. The summed E-state index contributed by atoms with van der Waals surface area (Å²) in [6, 6.07) is 11.6. The van der Waals surface area contributed by atoms with Crippen molar-refractivity contribution in [2.45, 2.75) is 38.3 Å². The molecule has 28 heavy (non-hydrogen) atoms. The van der Waals surface area contributed by atoms with E-state index in [0.717, 1.165) is 12.1 Å². The Morgan fingerprint density at radius 3 is 2.86 bits per heavy atom. The molecule has 0 radical (unpaired) electrons. The summed E-state index contributed by atoms with van der Waals surface area (Å²) in [5.41, 5.74) is 3.13. The van der Waals surface area contributed by atoms with Gasteiger partial charge in [-0.2, -0.15) is 5.26 Å². The highest BCUT2D eigenvalue weighted by Crippen LogP contribution is 2.33. The minimum atomic E-state index is -0.501. The van der Waals surface area contributed by atoms with Crippen molar-refractivity contribution in [3.63, 3.8) is 0 Å². The van der Waals surface area contributed by atoms with E-state index >= 15 is 0 Å². The summed E-state index contributed by atoms with van der Waals surface area (Å²) in [7, 11) is 0. The number of esters is 1. The summed E-state index contributed by atoms with van der Waals surface area (Å²) in [6.45, 7) is 5.69. The van der Waals surface area contributed by atoms with Gasteiger partial charge in [0.15, 0.2) is 0 Å². The number of pyridine rings is 1. The fourth-order valence-electron chi connectivity index (χ4n) is 3.33. The molecule has 144 valence electrons. The first-order valence-corrected chi connectivity index (χ1v) is 10.1. The summed E-state index contributed by atoms with van der Waals surface area (Å²) in [5, 5.41) is 9.89. The van der Waals surface area contributed by atoms with E-state index in [1.165, 1.54) is 23.4 Å². The normalized spacial score (nSPS) is 15.1. The largest absolute Gasteiger partial charge is 0.462 e. The molecule has 1 aliphatic heterocycles. The Morgan fingerprint density at radius 2 is 2.14 bits per heavy atom. The zero-order valence-corrected chi connectivity index (χ0v) is 16.9. The standard InChI is InChI=1S/C21H21N3O3S/c1-4-27-21(26)17-10-16(11-22)20(23-14(17)3)28-12-19(25)24-13(2)9-15-7-5-6-8-18(15)24/h5-8,10,13H,4,9,12H2,1-3H3/t13-/m1/s1. The predicted molar refractivity (Wildman–Crippen MR) is 107 cm³/mol. The zero-order valence-electron chi connectivity index (χ0n) is 16.1. The summed E-state index contributed by atoms with van der Waals surface area (Å²) >= 11 is 1.21. The number of benzene rings is 1. The van der Waals surface area contributed by atoms with Crippen LogP contribution in [0.4, 0.5) is 5.69 Å². The average molecular weight is 395 g/mol. The van der Waals surface area contributed by atoms with Crippen molar-refractivity contribution < 1.29 is 14.3 Å². The van der Waals surface area contributed by atoms with E-state index < -0.39 is 5.97 Å². The Morgan fingerprint density at radius 1 is 1.39 bits per heavy atom. The number of anilines is 1. The Balaban J connectivity index is 1.78. The van der Waals surface area contributed by atoms with E-state index in [4.69, 9.17) is 4.74 Å². The van der Waals surface area contributed by atoms with Crippen molar-refractivity contribution in [2.24, 2.45) is 0 Å². The van der Waals surface area contributed by atoms with E-state index in [2.05, 4.69) is 11.1 Å². The van der Waals surface area contributed by atoms with Crippen LogP contribution in [0.25, 0.3) is 0 Å². The van der Waals surface area contributed by atoms with Gasteiger partial charge in [-0.1, -0.05) is 30.0 Å². The van der Waals surface area contributed by atoms with Crippen LogP contribution in [0.15, 0.2) is 35.4 Å². The minimum absolute atomic E-state index is 0.0275. The number of aromatic nitrogens is 1. The van der Waals surface area contributed by atoms with E-state index in [1.807, 2.05) is 36.1 Å². The number of hydrogen-bond donors (Lipinski definition) is 0. The molecule has 0 saturated carbocycles. The first-order chi connectivity index (χ1) is 13.5. The number of carbonyl (C=O) groups excluding carboxylic acids is 2. The van der Waals surface area contributed by atoms with Crippen molar-refractivity contribution in [1.82, 2.24) is 4.98 Å². The van der Waals surface area contributed by atoms with Crippen molar-refractivity contribution in [3.8, 4) is 6.07 Å². The van der Waals surface area contributed by atoms with Crippen LogP contribution in [0, 0.1) is 18.3 Å². The summed E-state index contributed by atoms with van der Waals surface area (Å²) in [5.74, 6) is -0.363. The molecule has 0 spiro atoms. The van der Waals surface area contributed by atoms with Gasteiger partial charge in [0, 0.05) is 11.7 Å². The summed E-state index contributed by atoms with van der Waals surface area (Å²) in [6.07, 6.45) is 0.835. The molecule has 3 rings (SSSR count). The molecule has 6 nitrogen and oxygen atoms in total. The van der Waals surface area contributed by atoms with Crippen LogP contribution in [-0.4, -0.2) is 35.3 Å². The van der Waals surface area contributed by atoms with Gasteiger partial charge < -0.3 is 9.64 Å². The van der Waals surface area contributed by atoms with Gasteiger partial charge in [-0.15, -0.1) is 0 Å². The first-order valence-electron chi connectivity index (χ1n) is 9.07. The molecule has 0 saturated heterocycles. The number of thioether (sulfide) groups is 1. The maximum atomic E-state index is 12.9. The highest BCUT2D eigenvalue weighted by Gasteiger charge is 2.30. The lowest BCUT2D eigenvalue weighted by Gasteiger charge is -2.22. The lowest BCUT2D eigenvalue weighted by Crippen LogP contribution is -2.37. The number of nitriles is 1. The Bertz CT molecular complexity index is 968. The number of ether oxygens (including phenoxy) is 1. The molecule has 0 aliphatic carbocycles. The molecule has 0 unspecified atom stereocenters. The average Bonchev–Trinajstić information content (AvgIpc) is 3.02. The van der Waals surface area contributed by atoms with Gasteiger partial charge in [-0.05, 0) is 44.9 Å². The molecule has 2 aromatic rings. The number of para-hydroxylation sites is 1. The second-order valence-corrected chi connectivity index (χ2v) is 7.50. The molecule has 1 aromatic carbocycles. The highest BCUT2D eigenvalue weighted by atomic mass is 32.2. The number of carbonyl (C=O) groups is 2. The molecule has 2 heterocycles. The number of fused-ring (bicyclic) bond motifs is 1. The lowest BCUT2D eigenvalue weighted by molar-refractivity contribution is -0.116. The molecule has 0 N–H and O–H groups in total. The van der Waals surface area contributed by atoms with Gasteiger partial charge in [0.1, 0.15) is 11.1 Å². The minimum Gasteiger partial charge on any atom is -0.462 e.